The summed E-state index contributed by atoms with van der Waals surface area (Å²) in [5.41, 5.74) is 14.8. The van der Waals surface area contributed by atoms with E-state index in [1.54, 1.807) is 0 Å². The second-order valence-corrected chi connectivity index (χ2v) is 9.80. The average molecular weight is 485 g/mol. The molecule has 0 spiro atoms. The van der Waals surface area contributed by atoms with Crippen molar-refractivity contribution in [2.75, 3.05) is 0 Å². The van der Waals surface area contributed by atoms with Crippen LogP contribution in [0.4, 0.5) is 0 Å². The van der Waals surface area contributed by atoms with Gasteiger partial charge in [0.1, 0.15) is 0 Å². The smallest absolute Gasteiger partial charge is 0.00321 e. The molecule has 0 saturated heterocycles. The third-order valence-electron chi connectivity index (χ3n) is 6.81. The Morgan fingerprint density at radius 2 is 1.56 bits per heavy atom. The Kier molecular flexibility index (Phi) is 19.0. The van der Waals surface area contributed by atoms with Crippen LogP contribution in [0.3, 0.4) is 0 Å². The predicted molar refractivity (Wildman–Crippen MR) is 164 cm³/mol. The minimum absolute atomic E-state index is 0.381. The maximum absolute atomic E-state index is 5.42. The van der Waals surface area contributed by atoms with Crippen LogP contribution in [0.25, 0.3) is 0 Å². The molecule has 0 heteroatoms. The molecule has 0 radical (unpaired) electrons. The van der Waals surface area contributed by atoms with Crippen LogP contribution in [0, 0.1) is 24.2 Å². The van der Waals surface area contributed by atoms with Gasteiger partial charge in [-0.25, -0.2) is 0 Å². The zero-order chi connectivity index (χ0) is 27.3. The molecular weight excluding hydrogens is 432 g/mol. The Morgan fingerprint density at radius 3 is 2.14 bits per heavy atom. The molecule has 0 aliphatic rings. The van der Waals surface area contributed by atoms with E-state index in [9.17, 15) is 0 Å². The summed E-state index contributed by atoms with van der Waals surface area (Å²) in [4.78, 5) is 0. The molecular formula is C36H52. The second kappa shape index (κ2) is 20.5. The van der Waals surface area contributed by atoms with E-state index in [0.717, 1.165) is 57.8 Å². The maximum Gasteiger partial charge on any atom is -0.00321 e. The first kappa shape index (κ1) is 33.3. The Balaban J connectivity index is 4.95. The summed E-state index contributed by atoms with van der Waals surface area (Å²) in [5, 5.41) is 0. The van der Waals surface area contributed by atoms with E-state index >= 15 is 0 Å². The highest BCUT2D eigenvalue weighted by Crippen LogP contribution is 2.32. The zero-order valence-electron chi connectivity index (χ0n) is 24.5. The van der Waals surface area contributed by atoms with Crippen molar-refractivity contribution in [3.8, 4) is 12.3 Å². The molecule has 0 aromatic rings. The highest BCUT2D eigenvalue weighted by Gasteiger charge is 2.20. The van der Waals surface area contributed by atoms with Crippen molar-refractivity contribution in [3.05, 3.63) is 94.5 Å². The van der Waals surface area contributed by atoms with Crippen LogP contribution in [0.15, 0.2) is 94.5 Å². The van der Waals surface area contributed by atoms with Gasteiger partial charge in [-0.15, -0.1) is 17.9 Å². The maximum atomic E-state index is 5.42. The largest absolute Gasteiger partial charge is 0.126 e. The van der Waals surface area contributed by atoms with Gasteiger partial charge >= 0.3 is 0 Å². The SMILES string of the molecule is C#CC=C(C)CCC(=C=CC)C(C)C(C)C(=C)CC(=C=CC)CCCCC(=C)C=CC(=CCC)CC. The van der Waals surface area contributed by atoms with Crippen molar-refractivity contribution in [3.63, 3.8) is 0 Å². The first-order valence-corrected chi connectivity index (χ1v) is 13.9. The Hall–Kier alpha value is -2.70. The van der Waals surface area contributed by atoms with Crippen molar-refractivity contribution in [1.29, 1.82) is 0 Å². The summed E-state index contributed by atoms with van der Waals surface area (Å²) in [7, 11) is 0. The molecule has 0 saturated carbocycles. The van der Waals surface area contributed by atoms with Gasteiger partial charge in [-0.1, -0.05) is 87.3 Å². The fraction of sp³-hybridized carbons (Fsp3) is 0.500. The van der Waals surface area contributed by atoms with Crippen LogP contribution in [0.5, 0.6) is 0 Å². The lowest BCUT2D eigenvalue weighted by atomic mass is 9.80. The van der Waals surface area contributed by atoms with E-state index in [-0.39, 0.29) is 0 Å². The molecule has 0 bridgehead atoms. The van der Waals surface area contributed by atoms with Crippen molar-refractivity contribution in [2.24, 2.45) is 11.8 Å². The number of rotatable bonds is 17. The topological polar surface area (TPSA) is 0 Å². The van der Waals surface area contributed by atoms with E-state index < -0.39 is 0 Å². The monoisotopic (exact) mass is 484 g/mol. The molecule has 0 aromatic carbocycles. The Labute approximate surface area is 224 Å². The summed E-state index contributed by atoms with van der Waals surface area (Å²) in [5.74, 6) is 3.41. The van der Waals surface area contributed by atoms with Gasteiger partial charge in [0.25, 0.3) is 0 Å². The second-order valence-electron chi connectivity index (χ2n) is 9.80. The number of unbranched alkanes of at least 4 members (excludes halogenated alkanes) is 1. The summed E-state index contributed by atoms with van der Waals surface area (Å²) >= 11 is 0. The van der Waals surface area contributed by atoms with Crippen LogP contribution >= 0.6 is 0 Å². The van der Waals surface area contributed by atoms with Crippen molar-refractivity contribution < 1.29 is 0 Å². The van der Waals surface area contributed by atoms with E-state index in [1.807, 2.05) is 25.2 Å². The van der Waals surface area contributed by atoms with Gasteiger partial charge in [0, 0.05) is 0 Å². The van der Waals surface area contributed by atoms with Gasteiger partial charge in [0.15, 0.2) is 0 Å². The molecule has 0 rings (SSSR count). The highest BCUT2D eigenvalue weighted by molar-refractivity contribution is 5.26. The summed E-state index contributed by atoms with van der Waals surface area (Å²) in [6.45, 7) is 23.9. The average Bonchev–Trinajstić information content (AvgIpc) is 2.86. The van der Waals surface area contributed by atoms with Gasteiger partial charge in [-0.3, -0.25) is 0 Å². The molecule has 0 amide bonds. The Bertz CT molecular complexity index is 950. The van der Waals surface area contributed by atoms with Gasteiger partial charge in [-0.05, 0) is 120 Å². The molecule has 0 aliphatic heterocycles. The van der Waals surface area contributed by atoms with Crippen LogP contribution in [-0.4, -0.2) is 0 Å². The van der Waals surface area contributed by atoms with Crippen molar-refractivity contribution >= 4 is 0 Å². The molecule has 0 N–H and O–H groups in total. The van der Waals surface area contributed by atoms with Crippen molar-refractivity contribution in [2.45, 2.75) is 106 Å². The van der Waals surface area contributed by atoms with E-state index in [4.69, 9.17) is 6.42 Å². The Morgan fingerprint density at radius 1 is 0.889 bits per heavy atom. The molecule has 36 heavy (non-hydrogen) atoms. The van der Waals surface area contributed by atoms with E-state index in [1.165, 1.54) is 33.4 Å². The lowest BCUT2D eigenvalue weighted by Crippen LogP contribution is -2.13. The summed E-state index contributed by atoms with van der Waals surface area (Å²) in [6.07, 6.45) is 27.5. The molecule has 0 fully saturated rings. The van der Waals surface area contributed by atoms with Gasteiger partial charge < -0.3 is 0 Å². The van der Waals surface area contributed by atoms with Gasteiger partial charge in [-0.2, -0.15) is 0 Å². The summed E-state index contributed by atoms with van der Waals surface area (Å²) in [6, 6.07) is 0. The predicted octanol–water partition coefficient (Wildman–Crippen LogP) is 11.2. The fourth-order valence-corrected chi connectivity index (χ4v) is 4.26. The fourth-order valence-electron chi connectivity index (χ4n) is 4.26. The number of allylic oxidation sites excluding steroid dienone is 10. The third-order valence-corrected chi connectivity index (χ3v) is 6.81. The van der Waals surface area contributed by atoms with E-state index in [2.05, 4.69) is 90.3 Å². The first-order chi connectivity index (χ1) is 17.2. The number of terminal acetylenes is 1. The lowest BCUT2D eigenvalue weighted by molar-refractivity contribution is 0.481. The number of hydrogen-bond donors (Lipinski definition) is 0. The molecule has 2 atom stereocenters. The quantitative estimate of drug-likeness (QED) is 0.0633. The lowest BCUT2D eigenvalue weighted by Gasteiger charge is -2.24. The van der Waals surface area contributed by atoms with Crippen molar-refractivity contribution in [1.82, 2.24) is 0 Å². The number of hydrogen-bond acceptors (Lipinski definition) is 0. The van der Waals surface area contributed by atoms with E-state index in [0.29, 0.717) is 11.8 Å². The molecule has 2 unspecified atom stereocenters. The molecule has 0 aliphatic carbocycles. The standard InChI is InChI=1S/C36H52/c1-11-18-29(6)25-27-36(21-14-4)33(10)32(9)31(8)28-35(20-13-3)23-17-16-22-30(7)24-26-34(15-5)19-12-2/h1,13-14,18-19,24,26,32-33H,7-8,12,15-17,22-23,25,27-28H2,2-6,9-10H3. The minimum atomic E-state index is 0.381. The molecule has 196 valence electrons. The minimum Gasteiger partial charge on any atom is -0.126 e. The van der Waals surface area contributed by atoms with Gasteiger partial charge in [0.05, 0.1) is 0 Å². The first-order valence-electron chi connectivity index (χ1n) is 13.9. The zero-order valence-corrected chi connectivity index (χ0v) is 24.5. The summed E-state index contributed by atoms with van der Waals surface area (Å²) < 4.78 is 0. The normalized spacial score (nSPS) is 13.3. The third kappa shape index (κ3) is 14.6. The van der Waals surface area contributed by atoms with Crippen LogP contribution in [0.1, 0.15) is 106 Å². The van der Waals surface area contributed by atoms with Gasteiger partial charge in [0.2, 0.25) is 0 Å². The van der Waals surface area contributed by atoms with Crippen LogP contribution < -0.4 is 0 Å². The highest BCUT2D eigenvalue weighted by atomic mass is 14.2. The molecule has 0 heterocycles. The van der Waals surface area contributed by atoms with Crippen LogP contribution in [0.2, 0.25) is 0 Å². The molecule has 0 aromatic heterocycles. The van der Waals surface area contributed by atoms with Crippen LogP contribution in [-0.2, 0) is 0 Å². The molecule has 0 nitrogen and oxygen atoms in total.